The van der Waals surface area contributed by atoms with Crippen molar-refractivity contribution in [3.8, 4) is 0 Å². The van der Waals surface area contributed by atoms with Gasteiger partial charge in [0.05, 0.1) is 0 Å². The number of nitrogens with zero attached hydrogens (tertiary/aromatic N) is 7. The van der Waals surface area contributed by atoms with Gasteiger partial charge in [-0.1, -0.05) is 6.92 Å². The van der Waals surface area contributed by atoms with Crippen LogP contribution in [0.15, 0.2) is 12.4 Å². The van der Waals surface area contributed by atoms with Gasteiger partial charge in [-0.15, -0.1) is 0 Å². The molecular weight excluding hydrogens is 358 g/mol. The Hall–Kier alpha value is -2.88. The normalized spacial score (nSPS) is 17.4. The zero-order valence-corrected chi connectivity index (χ0v) is 16.2. The standard InChI is InChI=1S/C18H25N9O/c1-3-13-22-17(25-18(23-13)27-10-8-26(2)9-11-27)24-15-14(19-6-7-20-15)16(28)21-12-4-5-12/h6-7,12H,3-5,8-11H2,1-2H3,(H,21,28)(H,20,22,23,24,25). The van der Waals surface area contributed by atoms with Crippen LogP contribution in [0.5, 0.6) is 0 Å². The van der Waals surface area contributed by atoms with Crippen LogP contribution >= 0.6 is 0 Å². The number of aromatic nitrogens is 5. The summed E-state index contributed by atoms with van der Waals surface area (Å²) in [6, 6.07) is 0.245. The van der Waals surface area contributed by atoms with Crippen molar-refractivity contribution in [2.75, 3.05) is 43.4 Å². The van der Waals surface area contributed by atoms with Gasteiger partial charge in [0, 0.05) is 51.0 Å². The molecule has 2 fully saturated rings. The number of likely N-dealkylation sites (N-methyl/N-ethyl adjacent to an activating group) is 1. The molecule has 3 heterocycles. The maximum atomic E-state index is 12.5. The van der Waals surface area contributed by atoms with Crippen molar-refractivity contribution < 1.29 is 4.79 Å². The first-order valence-corrected chi connectivity index (χ1v) is 9.69. The fourth-order valence-electron chi connectivity index (χ4n) is 2.95. The van der Waals surface area contributed by atoms with Gasteiger partial charge in [0.2, 0.25) is 11.9 Å². The molecule has 1 saturated heterocycles. The molecule has 28 heavy (non-hydrogen) atoms. The Kier molecular flexibility index (Phi) is 5.29. The maximum Gasteiger partial charge on any atom is 0.273 e. The predicted molar refractivity (Wildman–Crippen MR) is 105 cm³/mol. The number of carbonyl (C=O) groups is 1. The van der Waals surface area contributed by atoms with E-state index in [0.29, 0.717) is 30.0 Å². The summed E-state index contributed by atoms with van der Waals surface area (Å²) in [5.74, 6) is 1.83. The molecule has 1 saturated carbocycles. The Morgan fingerprint density at radius 1 is 1.11 bits per heavy atom. The molecule has 1 amide bonds. The molecule has 4 rings (SSSR count). The van der Waals surface area contributed by atoms with E-state index in [1.807, 2.05) is 6.92 Å². The lowest BCUT2D eigenvalue weighted by molar-refractivity contribution is 0.0946. The third-order valence-corrected chi connectivity index (χ3v) is 4.83. The van der Waals surface area contributed by atoms with E-state index in [2.05, 4.69) is 52.4 Å². The first-order chi connectivity index (χ1) is 13.6. The minimum Gasteiger partial charge on any atom is -0.348 e. The monoisotopic (exact) mass is 383 g/mol. The fourth-order valence-corrected chi connectivity index (χ4v) is 2.95. The summed E-state index contributed by atoms with van der Waals surface area (Å²) in [5, 5.41) is 6.01. The van der Waals surface area contributed by atoms with E-state index in [1.54, 1.807) is 6.20 Å². The van der Waals surface area contributed by atoms with Crippen LogP contribution in [0.2, 0.25) is 0 Å². The molecule has 2 aliphatic rings. The topological polar surface area (TPSA) is 112 Å². The van der Waals surface area contributed by atoms with E-state index in [1.165, 1.54) is 6.20 Å². The number of hydrogen-bond acceptors (Lipinski definition) is 9. The number of piperazine rings is 1. The number of rotatable bonds is 6. The fraction of sp³-hybridized carbons (Fsp3) is 0.556. The Labute approximate surface area is 163 Å². The molecule has 0 aromatic carbocycles. The Morgan fingerprint density at radius 3 is 2.57 bits per heavy atom. The van der Waals surface area contributed by atoms with Crippen molar-refractivity contribution in [1.82, 2.24) is 35.1 Å². The highest BCUT2D eigenvalue weighted by atomic mass is 16.2. The second kappa shape index (κ2) is 8.01. The molecular formula is C18H25N9O. The van der Waals surface area contributed by atoms with Crippen LogP contribution in [-0.4, -0.2) is 75.0 Å². The molecule has 0 unspecified atom stereocenters. The SMILES string of the molecule is CCc1nc(Nc2nccnc2C(=O)NC2CC2)nc(N2CCN(C)CC2)n1. The molecule has 0 radical (unpaired) electrons. The summed E-state index contributed by atoms with van der Waals surface area (Å²) >= 11 is 0. The van der Waals surface area contributed by atoms with Gasteiger partial charge in [0.25, 0.3) is 5.91 Å². The first kappa shape index (κ1) is 18.5. The summed E-state index contributed by atoms with van der Waals surface area (Å²) < 4.78 is 0. The van der Waals surface area contributed by atoms with Crippen molar-refractivity contribution in [2.24, 2.45) is 0 Å². The lowest BCUT2D eigenvalue weighted by Gasteiger charge is -2.32. The van der Waals surface area contributed by atoms with E-state index in [4.69, 9.17) is 0 Å². The average Bonchev–Trinajstić information content (AvgIpc) is 3.52. The maximum absolute atomic E-state index is 12.5. The lowest BCUT2D eigenvalue weighted by Crippen LogP contribution is -2.45. The van der Waals surface area contributed by atoms with Crippen LogP contribution in [0.3, 0.4) is 0 Å². The van der Waals surface area contributed by atoms with Crippen molar-refractivity contribution in [1.29, 1.82) is 0 Å². The van der Waals surface area contributed by atoms with Crippen LogP contribution in [0.25, 0.3) is 0 Å². The molecule has 10 heteroatoms. The van der Waals surface area contributed by atoms with Crippen molar-refractivity contribution in [3.63, 3.8) is 0 Å². The Bertz CT molecular complexity index is 847. The van der Waals surface area contributed by atoms with Gasteiger partial charge in [0.1, 0.15) is 5.82 Å². The zero-order chi connectivity index (χ0) is 19.5. The van der Waals surface area contributed by atoms with Gasteiger partial charge in [0.15, 0.2) is 11.5 Å². The second-order valence-corrected chi connectivity index (χ2v) is 7.15. The smallest absolute Gasteiger partial charge is 0.273 e. The molecule has 1 aliphatic heterocycles. The van der Waals surface area contributed by atoms with Crippen molar-refractivity contribution in [2.45, 2.75) is 32.2 Å². The number of anilines is 3. The molecule has 0 spiro atoms. The van der Waals surface area contributed by atoms with Gasteiger partial charge in [-0.25, -0.2) is 9.97 Å². The van der Waals surface area contributed by atoms with E-state index < -0.39 is 0 Å². The highest BCUT2D eigenvalue weighted by Crippen LogP contribution is 2.21. The minimum atomic E-state index is -0.234. The summed E-state index contributed by atoms with van der Waals surface area (Å²) in [6.45, 7) is 5.66. The Balaban J connectivity index is 1.57. The number of nitrogens with one attached hydrogen (secondary N) is 2. The van der Waals surface area contributed by atoms with Crippen LogP contribution in [0.4, 0.5) is 17.7 Å². The predicted octanol–water partition coefficient (Wildman–Crippen LogP) is 0.612. The highest BCUT2D eigenvalue weighted by molar-refractivity contribution is 5.97. The lowest BCUT2D eigenvalue weighted by atomic mass is 10.3. The number of amides is 1. The van der Waals surface area contributed by atoms with E-state index in [-0.39, 0.29) is 17.6 Å². The largest absolute Gasteiger partial charge is 0.348 e. The molecule has 148 valence electrons. The molecule has 0 bridgehead atoms. The molecule has 2 aromatic rings. The van der Waals surface area contributed by atoms with Crippen LogP contribution in [0.1, 0.15) is 36.1 Å². The summed E-state index contributed by atoms with van der Waals surface area (Å²) in [5.41, 5.74) is 0.244. The van der Waals surface area contributed by atoms with Crippen LogP contribution in [-0.2, 0) is 6.42 Å². The molecule has 0 atom stereocenters. The van der Waals surface area contributed by atoms with Crippen molar-refractivity contribution >= 4 is 23.6 Å². The summed E-state index contributed by atoms with van der Waals surface area (Å²) in [6.07, 6.45) is 5.76. The second-order valence-electron chi connectivity index (χ2n) is 7.15. The Morgan fingerprint density at radius 2 is 1.86 bits per heavy atom. The molecule has 1 aliphatic carbocycles. The van der Waals surface area contributed by atoms with E-state index in [9.17, 15) is 4.79 Å². The molecule has 2 N–H and O–H groups in total. The van der Waals surface area contributed by atoms with Crippen molar-refractivity contribution in [3.05, 3.63) is 23.9 Å². The van der Waals surface area contributed by atoms with Crippen LogP contribution in [0, 0.1) is 0 Å². The van der Waals surface area contributed by atoms with Gasteiger partial charge in [-0.2, -0.15) is 15.0 Å². The quantitative estimate of drug-likeness (QED) is 0.741. The average molecular weight is 383 g/mol. The molecule has 10 nitrogen and oxygen atoms in total. The number of hydrogen-bond donors (Lipinski definition) is 2. The van der Waals surface area contributed by atoms with Gasteiger partial charge in [-0.3, -0.25) is 4.79 Å². The zero-order valence-electron chi connectivity index (χ0n) is 16.2. The summed E-state index contributed by atoms with van der Waals surface area (Å²) in [4.78, 5) is 39.0. The van der Waals surface area contributed by atoms with Gasteiger partial charge < -0.3 is 20.4 Å². The third kappa shape index (κ3) is 4.33. The highest BCUT2D eigenvalue weighted by Gasteiger charge is 2.26. The van der Waals surface area contributed by atoms with Gasteiger partial charge >= 0.3 is 0 Å². The number of aryl methyl sites for hydroxylation is 1. The first-order valence-electron chi connectivity index (χ1n) is 9.69. The summed E-state index contributed by atoms with van der Waals surface area (Å²) in [7, 11) is 2.11. The minimum absolute atomic E-state index is 0.234. The number of carbonyl (C=O) groups excluding carboxylic acids is 1. The molecule has 2 aromatic heterocycles. The van der Waals surface area contributed by atoms with Gasteiger partial charge in [-0.05, 0) is 19.9 Å². The van der Waals surface area contributed by atoms with E-state index in [0.717, 1.165) is 39.0 Å². The van der Waals surface area contributed by atoms with Crippen LogP contribution < -0.4 is 15.5 Å². The third-order valence-electron chi connectivity index (χ3n) is 4.83. The van der Waals surface area contributed by atoms with E-state index >= 15 is 0 Å².